The van der Waals surface area contributed by atoms with Crippen LogP contribution < -0.4 is 5.32 Å². The molecule has 2 heterocycles. The maximum Gasteiger partial charge on any atom is 0.220 e. The van der Waals surface area contributed by atoms with Gasteiger partial charge in [0.2, 0.25) is 5.91 Å². The molecule has 0 aromatic rings. The number of aliphatic hydroxyl groups excluding tert-OH is 8. The molecule has 0 radical (unpaired) electrons. The smallest absolute Gasteiger partial charge is 0.220 e. The van der Waals surface area contributed by atoms with Gasteiger partial charge in [-0.3, -0.25) is 4.79 Å². The van der Waals surface area contributed by atoms with E-state index in [2.05, 4.69) is 19.2 Å². The van der Waals surface area contributed by atoms with Gasteiger partial charge in [-0.15, -0.1) is 0 Å². The number of aliphatic hydroxyl groups is 8. The minimum absolute atomic E-state index is 0.237. The lowest BCUT2D eigenvalue weighted by atomic mass is 9.97. The van der Waals surface area contributed by atoms with Crippen molar-refractivity contribution >= 4 is 5.91 Å². The van der Waals surface area contributed by atoms with Crippen LogP contribution in [0.4, 0.5) is 0 Å². The largest absolute Gasteiger partial charge is 0.394 e. The summed E-state index contributed by atoms with van der Waals surface area (Å²) in [6, 6.07) is -0.908. The fourth-order valence-corrected chi connectivity index (χ4v) is 10.3. The third kappa shape index (κ3) is 31.7. The summed E-state index contributed by atoms with van der Waals surface area (Å²) in [5.41, 5.74) is 0. The van der Waals surface area contributed by atoms with E-state index in [1.54, 1.807) is 6.08 Å². The van der Waals surface area contributed by atoms with E-state index >= 15 is 0 Å². The summed E-state index contributed by atoms with van der Waals surface area (Å²) in [5.74, 6) is -0.237. The van der Waals surface area contributed by atoms with Crippen LogP contribution in [-0.4, -0.2) is 140 Å². The molecule has 73 heavy (non-hydrogen) atoms. The van der Waals surface area contributed by atoms with Crippen LogP contribution in [0.15, 0.2) is 12.2 Å². The Hall–Kier alpha value is -1.27. The summed E-state index contributed by atoms with van der Waals surface area (Å²) in [6.45, 7) is 2.81. The van der Waals surface area contributed by atoms with Gasteiger partial charge in [-0.25, -0.2) is 0 Å². The molecule has 14 heteroatoms. The van der Waals surface area contributed by atoms with E-state index < -0.39 is 86.8 Å². The summed E-state index contributed by atoms with van der Waals surface area (Å²) in [7, 11) is 0. The number of allylic oxidation sites excluding steroid dienone is 1. The third-order valence-electron chi connectivity index (χ3n) is 15.2. The second-order valence-electron chi connectivity index (χ2n) is 21.8. The lowest BCUT2D eigenvalue weighted by Crippen LogP contribution is -2.65. The molecular weight excluding hydrogens is 931 g/mol. The summed E-state index contributed by atoms with van der Waals surface area (Å²) in [6.07, 6.45) is 35.6. The highest BCUT2D eigenvalue weighted by atomic mass is 16.7. The van der Waals surface area contributed by atoms with Crippen molar-refractivity contribution in [2.45, 2.75) is 338 Å². The summed E-state index contributed by atoms with van der Waals surface area (Å²) in [4.78, 5) is 13.2. The van der Waals surface area contributed by atoms with Crippen molar-refractivity contribution < 1.29 is 64.6 Å². The van der Waals surface area contributed by atoms with Crippen LogP contribution in [0, 0.1) is 0 Å². The molecule has 0 saturated carbocycles. The van der Waals surface area contributed by atoms with Gasteiger partial charge in [-0.2, -0.15) is 0 Å². The van der Waals surface area contributed by atoms with Crippen molar-refractivity contribution in [3.8, 4) is 0 Å². The number of hydrogen-bond donors (Lipinski definition) is 9. The van der Waals surface area contributed by atoms with Gasteiger partial charge >= 0.3 is 0 Å². The number of hydrogen-bond acceptors (Lipinski definition) is 13. The predicted molar refractivity (Wildman–Crippen MR) is 291 cm³/mol. The highest BCUT2D eigenvalue weighted by Crippen LogP contribution is 2.30. The SMILES string of the molecule is CCCCCCCCCCCCCCCCCCCCCCCCCCCC/C=C/C(O)C(COC1OC(CO)C(OC2OC(CO)C(O)C(O)C2O)C(O)C1O)NC(=O)CCCCCCCCCCCCC. The van der Waals surface area contributed by atoms with Gasteiger partial charge in [-0.1, -0.05) is 251 Å². The Morgan fingerprint density at radius 2 is 0.849 bits per heavy atom. The number of ether oxygens (including phenoxy) is 4. The maximum absolute atomic E-state index is 13.2. The molecule has 0 aliphatic carbocycles. The van der Waals surface area contributed by atoms with Crippen molar-refractivity contribution in [3.05, 3.63) is 12.2 Å². The molecule has 9 N–H and O–H groups in total. The molecule has 0 aromatic carbocycles. The number of carbonyl (C=O) groups is 1. The van der Waals surface area contributed by atoms with Crippen molar-refractivity contribution in [1.29, 1.82) is 0 Å². The van der Waals surface area contributed by atoms with E-state index in [9.17, 15) is 45.6 Å². The Morgan fingerprint density at radius 1 is 0.479 bits per heavy atom. The quantitative estimate of drug-likeness (QED) is 0.0204. The van der Waals surface area contributed by atoms with Crippen LogP contribution >= 0.6 is 0 Å². The van der Waals surface area contributed by atoms with E-state index in [0.717, 1.165) is 38.5 Å². The third-order valence-corrected chi connectivity index (χ3v) is 15.2. The van der Waals surface area contributed by atoms with E-state index in [4.69, 9.17) is 18.9 Å². The second-order valence-corrected chi connectivity index (χ2v) is 21.8. The molecule has 2 saturated heterocycles. The number of nitrogens with one attached hydrogen (secondary N) is 1. The average Bonchev–Trinajstić information content (AvgIpc) is 3.39. The fourth-order valence-electron chi connectivity index (χ4n) is 10.3. The van der Waals surface area contributed by atoms with Gasteiger partial charge < -0.3 is 65.1 Å². The zero-order valence-electron chi connectivity index (χ0n) is 46.4. The number of amides is 1. The molecule has 0 bridgehead atoms. The van der Waals surface area contributed by atoms with Crippen LogP contribution in [0.3, 0.4) is 0 Å². The molecule has 14 nitrogen and oxygen atoms in total. The van der Waals surface area contributed by atoms with Crippen LogP contribution in [0.5, 0.6) is 0 Å². The van der Waals surface area contributed by atoms with Crippen LogP contribution in [-0.2, 0) is 23.7 Å². The molecule has 2 fully saturated rings. The summed E-state index contributed by atoms with van der Waals surface area (Å²) >= 11 is 0. The van der Waals surface area contributed by atoms with Crippen LogP contribution in [0.1, 0.15) is 264 Å². The molecule has 12 atom stereocenters. The lowest BCUT2D eigenvalue weighted by Gasteiger charge is -2.46. The Bertz CT molecular complexity index is 1280. The first-order chi connectivity index (χ1) is 35.6. The second kappa shape index (κ2) is 45.7. The molecule has 0 spiro atoms. The van der Waals surface area contributed by atoms with Crippen molar-refractivity contribution in [1.82, 2.24) is 5.32 Å². The van der Waals surface area contributed by atoms with E-state index in [1.165, 1.54) is 199 Å². The first-order valence-electron chi connectivity index (χ1n) is 30.4. The molecule has 0 aromatic heterocycles. The van der Waals surface area contributed by atoms with E-state index in [0.29, 0.717) is 6.42 Å². The zero-order valence-corrected chi connectivity index (χ0v) is 46.4. The van der Waals surface area contributed by atoms with Crippen molar-refractivity contribution in [2.75, 3.05) is 19.8 Å². The zero-order chi connectivity index (χ0) is 53.2. The molecule has 1 amide bonds. The van der Waals surface area contributed by atoms with Gasteiger partial charge in [0.1, 0.15) is 48.8 Å². The molecular formula is C59H113NO13. The summed E-state index contributed by atoms with van der Waals surface area (Å²) in [5, 5.41) is 87.0. The van der Waals surface area contributed by atoms with Gasteiger partial charge in [0.25, 0.3) is 0 Å². The average molecular weight is 1040 g/mol. The Labute approximate surface area is 444 Å². The fraction of sp³-hybridized carbons (Fsp3) is 0.949. The number of carbonyl (C=O) groups excluding carboxylic acids is 1. The minimum Gasteiger partial charge on any atom is -0.394 e. The van der Waals surface area contributed by atoms with Gasteiger partial charge in [-0.05, 0) is 19.3 Å². The number of rotatable bonds is 49. The minimum atomic E-state index is -1.78. The van der Waals surface area contributed by atoms with Crippen LogP contribution in [0.2, 0.25) is 0 Å². The highest BCUT2D eigenvalue weighted by Gasteiger charge is 2.51. The monoisotopic (exact) mass is 1040 g/mol. The first kappa shape index (κ1) is 67.8. The van der Waals surface area contributed by atoms with Crippen molar-refractivity contribution in [2.24, 2.45) is 0 Å². The Kier molecular flexibility index (Phi) is 42.5. The molecule has 2 rings (SSSR count). The number of unbranched alkanes of at least 4 members (excludes halogenated alkanes) is 36. The van der Waals surface area contributed by atoms with Gasteiger partial charge in [0.05, 0.1) is 32.0 Å². The highest BCUT2D eigenvalue weighted by molar-refractivity contribution is 5.76. The predicted octanol–water partition coefficient (Wildman–Crippen LogP) is 10.3. The topological polar surface area (TPSA) is 228 Å². The Balaban J connectivity index is 1.69. The molecule has 432 valence electrons. The normalized spacial score (nSPS) is 25.4. The van der Waals surface area contributed by atoms with Crippen molar-refractivity contribution in [3.63, 3.8) is 0 Å². The first-order valence-corrected chi connectivity index (χ1v) is 30.4. The Morgan fingerprint density at radius 3 is 1.26 bits per heavy atom. The van der Waals surface area contributed by atoms with E-state index in [-0.39, 0.29) is 18.9 Å². The standard InChI is InChI=1S/C59H113NO13/c1-3-5-7-9-11-13-15-16-17-18-19-20-21-22-23-24-25-26-27-28-29-30-31-33-34-36-38-40-42-48(63)47(60-51(64)43-41-39-37-35-32-14-12-10-8-6-4-2)46-70-58-56(69)54(67)57(50(45-62)72-58)73-59-55(68)53(66)52(65)49(44-61)71-59/h40,42,47-50,52-59,61-63,65-69H,3-39,41,43-46H2,1-2H3,(H,60,64)/b42-40+. The maximum atomic E-state index is 13.2. The lowest BCUT2D eigenvalue weighted by molar-refractivity contribution is -0.359. The van der Waals surface area contributed by atoms with Crippen LogP contribution in [0.25, 0.3) is 0 Å². The molecule has 2 aliphatic rings. The summed E-state index contributed by atoms with van der Waals surface area (Å²) < 4.78 is 22.7. The van der Waals surface area contributed by atoms with E-state index in [1.807, 2.05) is 6.08 Å². The van der Waals surface area contributed by atoms with Gasteiger partial charge in [0, 0.05) is 6.42 Å². The molecule has 12 unspecified atom stereocenters. The molecule has 2 aliphatic heterocycles. The van der Waals surface area contributed by atoms with Gasteiger partial charge in [0.15, 0.2) is 12.6 Å².